The summed E-state index contributed by atoms with van der Waals surface area (Å²) in [5.74, 6) is 0.596. The van der Waals surface area contributed by atoms with Crippen LogP contribution in [0.1, 0.15) is 32.6 Å². The summed E-state index contributed by atoms with van der Waals surface area (Å²) in [5, 5.41) is 3.19. The third kappa shape index (κ3) is 4.49. The first-order chi connectivity index (χ1) is 7.63. The van der Waals surface area contributed by atoms with Gasteiger partial charge in [-0.25, -0.2) is 0 Å². The van der Waals surface area contributed by atoms with Crippen molar-refractivity contribution in [2.24, 2.45) is 11.7 Å². The van der Waals surface area contributed by atoms with E-state index >= 15 is 0 Å². The summed E-state index contributed by atoms with van der Waals surface area (Å²) in [4.78, 5) is 13.5. The van der Waals surface area contributed by atoms with Crippen LogP contribution >= 0.6 is 0 Å². The molecule has 1 aliphatic carbocycles. The lowest BCUT2D eigenvalue weighted by Crippen LogP contribution is -2.49. The molecule has 4 nitrogen and oxygen atoms in total. The molecule has 4 heteroatoms. The number of nitrogens with one attached hydrogen (secondary N) is 1. The van der Waals surface area contributed by atoms with E-state index in [1.54, 1.807) is 0 Å². The minimum Gasteiger partial charge on any atom is -0.368 e. The summed E-state index contributed by atoms with van der Waals surface area (Å²) in [5.41, 5.74) is 5.37. The maximum atomic E-state index is 11.2. The van der Waals surface area contributed by atoms with Crippen molar-refractivity contribution in [3.63, 3.8) is 0 Å². The number of nitrogens with two attached hydrogens (primary N) is 1. The van der Waals surface area contributed by atoms with Gasteiger partial charge < -0.3 is 16.0 Å². The Balaban J connectivity index is 2.25. The second-order valence-electron chi connectivity index (χ2n) is 4.93. The lowest BCUT2D eigenvalue weighted by molar-refractivity contribution is -0.120. The second kappa shape index (κ2) is 6.86. The Hall–Kier alpha value is -0.610. The highest BCUT2D eigenvalue weighted by Crippen LogP contribution is 2.26. The molecule has 0 radical (unpaired) electrons. The van der Waals surface area contributed by atoms with Gasteiger partial charge in [-0.3, -0.25) is 4.79 Å². The molecule has 1 fully saturated rings. The van der Waals surface area contributed by atoms with Crippen LogP contribution in [0.2, 0.25) is 0 Å². The molecule has 3 N–H and O–H groups in total. The Labute approximate surface area is 98.6 Å². The van der Waals surface area contributed by atoms with Gasteiger partial charge in [0.05, 0.1) is 6.04 Å². The van der Waals surface area contributed by atoms with Gasteiger partial charge in [0.2, 0.25) is 5.91 Å². The first-order valence-corrected chi connectivity index (χ1v) is 6.34. The Morgan fingerprint density at radius 3 is 2.69 bits per heavy atom. The van der Waals surface area contributed by atoms with Crippen molar-refractivity contribution in [1.82, 2.24) is 10.2 Å². The summed E-state index contributed by atoms with van der Waals surface area (Å²) in [6, 6.07) is -0.204. The Bertz CT molecular complexity index is 216. The molecule has 1 unspecified atom stereocenters. The van der Waals surface area contributed by atoms with Crippen molar-refractivity contribution < 1.29 is 4.79 Å². The zero-order valence-corrected chi connectivity index (χ0v) is 10.5. The predicted molar refractivity (Wildman–Crippen MR) is 66.1 cm³/mol. The van der Waals surface area contributed by atoms with Crippen molar-refractivity contribution >= 4 is 5.91 Å². The zero-order chi connectivity index (χ0) is 12.0. The summed E-state index contributed by atoms with van der Waals surface area (Å²) >= 11 is 0. The van der Waals surface area contributed by atoms with Gasteiger partial charge in [0, 0.05) is 13.1 Å². The van der Waals surface area contributed by atoms with Crippen LogP contribution in [-0.4, -0.2) is 43.5 Å². The van der Waals surface area contributed by atoms with Crippen molar-refractivity contribution in [2.75, 3.05) is 26.7 Å². The van der Waals surface area contributed by atoms with Crippen molar-refractivity contribution in [3.8, 4) is 0 Å². The van der Waals surface area contributed by atoms with Crippen LogP contribution in [-0.2, 0) is 4.79 Å². The first-order valence-electron chi connectivity index (χ1n) is 6.34. The molecule has 0 aromatic carbocycles. The van der Waals surface area contributed by atoms with Gasteiger partial charge in [-0.2, -0.15) is 0 Å². The molecule has 0 heterocycles. The number of primary amides is 1. The summed E-state index contributed by atoms with van der Waals surface area (Å²) in [6.45, 7) is 4.76. The third-order valence-corrected chi connectivity index (χ3v) is 3.27. The number of hydrogen-bond donors (Lipinski definition) is 2. The monoisotopic (exact) mass is 227 g/mol. The number of rotatable bonds is 8. The SMILES string of the molecule is CCCNC(CN(C)CC1CCC1)C(N)=O. The van der Waals surface area contributed by atoms with Gasteiger partial charge in [-0.15, -0.1) is 0 Å². The first kappa shape index (κ1) is 13.5. The number of amides is 1. The molecule has 1 amide bonds. The molecular weight excluding hydrogens is 202 g/mol. The molecule has 0 saturated heterocycles. The van der Waals surface area contributed by atoms with Gasteiger partial charge in [-0.05, 0) is 38.8 Å². The number of carbonyl (C=O) groups excluding carboxylic acids is 1. The third-order valence-electron chi connectivity index (χ3n) is 3.27. The van der Waals surface area contributed by atoms with Crippen LogP contribution in [0.25, 0.3) is 0 Å². The minimum absolute atomic E-state index is 0.204. The van der Waals surface area contributed by atoms with E-state index < -0.39 is 0 Å². The van der Waals surface area contributed by atoms with Gasteiger partial charge in [0.15, 0.2) is 0 Å². The van der Waals surface area contributed by atoms with Crippen LogP contribution in [0.4, 0.5) is 0 Å². The van der Waals surface area contributed by atoms with Gasteiger partial charge >= 0.3 is 0 Å². The van der Waals surface area contributed by atoms with E-state index in [2.05, 4.69) is 24.2 Å². The average Bonchev–Trinajstić information content (AvgIpc) is 2.18. The molecule has 0 aromatic rings. The van der Waals surface area contributed by atoms with Crippen LogP contribution in [0.3, 0.4) is 0 Å². The second-order valence-corrected chi connectivity index (χ2v) is 4.93. The average molecular weight is 227 g/mol. The summed E-state index contributed by atoms with van der Waals surface area (Å²) in [7, 11) is 2.07. The fraction of sp³-hybridized carbons (Fsp3) is 0.917. The van der Waals surface area contributed by atoms with Gasteiger partial charge in [0.25, 0.3) is 0 Å². The molecule has 1 aliphatic rings. The van der Waals surface area contributed by atoms with E-state index in [1.165, 1.54) is 19.3 Å². The predicted octanol–water partition coefficient (Wildman–Crippen LogP) is 0.572. The Morgan fingerprint density at radius 1 is 1.56 bits per heavy atom. The molecular formula is C12H25N3O. The van der Waals surface area contributed by atoms with E-state index in [0.29, 0.717) is 0 Å². The van der Waals surface area contributed by atoms with Crippen LogP contribution in [0.5, 0.6) is 0 Å². The van der Waals surface area contributed by atoms with Gasteiger partial charge in [-0.1, -0.05) is 13.3 Å². The molecule has 0 aromatic heterocycles. The van der Waals surface area contributed by atoms with Gasteiger partial charge in [0.1, 0.15) is 0 Å². The molecule has 0 bridgehead atoms. The van der Waals surface area contributed by atoms with E-state index in [0.717, 1.165) is 32.0 Å². The normalized spacial score (nSPS) is 18.4. The highest BCUT2D eigenvalue weighted by Gasteiger charge is 2.22. The standard InChI is InChI=1S/C12H25N3O/c1-3-7-14-11(12(13)16)9-15(2)8-10-5-4-6-10/h10-11,14H,3-9H2,1-2H3,(H2,13,16). The fourth-order valence-corrected chi connectivity index (χ4v) is 2.08. The Morgan fingerprint density at radius 2 is 2.25 bits per heavy atom. The molecule has 1 saturated carbocycles. The number of carbonyl (C=O) groups is 1. The van der Waals surface area contributed by atoms with E-state index in [4.69, 9.17) is 5.73 Å². The molecule has 0 spiro atoms. The molecule has 16 heavy (non-hydrogen) atoms. The summed E-state index contributed by atoms with van der Waals surface area (Å²) < 4.78 is 0. The fourth-order valence-electron chi connectivity index (χ4n) is 2.08. The van der Waals surface area contributed by atoms with Crippen molar-refractivity contribution in [2.45, 2.75) is 38.6 Å². The van der Waals surface area contributed by atoms with Crippen LogP contribution < -0.4 is 11.1 Å². The minimum atomic E-state index is -0.242. The lowest BCUT2D eigenvalue weighted by atomic mass is 9.85. The highest BCUT2D eigenvalue weighted by molar-refractivity contribution is 5.80. The van der Waals surface area contributed by atoms with Crippen LogP contribution in [0.15, 0.2) is 0 Å². The summed E-state index contributed by atoms with van der Waals surface area (Å²) in [6.07, 6.45) is 5.07. The van der Waals surface area contributed by atoms with E-state index in [-0.39, 0.29) is 11.9 Å². The maximum Gasteiger partial charge on any atom is 0.235 e. The molecule has 1 rings (SSSR count). The number of hydrogen-bond acceptors (Lipinski definition) is 3. The molecule has 0 aliphatic heterocycles. The molecule has 1 atom stereocenters. The molecule has 94 valence electrons. The largest absolute Gasteiger partial charge is 0.368 e. The van der Waals surface area contributed by atoms with Crippen LogP contribution in [0, 0.1) is 5.92 Å². The number of nitrogens with zero attached hydrogens (tertiary/aromatic N) is 1. The smallest absolute Gasteiger partial charge is 0.235 e. The number of likely N-dealkylation sites (N-methyl/N-ethyl adjacent to an activating group) is 1. The maximum absolute atomic E-state index is 11.2. The Kier molecular flexibility index (Phi) is 5.77. The topological polar surface area (TPSA) is 58.4 Å². The van der Waals surface area contributed by atoms with E-state index in [9.17, 15) is 4.79 Å². The van der Waals surface area contributed by atoms with Crippen molar-refractivity contribution in [1.29, 1.82) is 0 Å². The zero-order valence-electron chi connectivity index (χ0n) is 10.5. The van der Waals surface area contributed by atoms with Crippen molar-refractivity contribution in [3.05, 3.63) is 0 Å². The van der Waals surface area contributed by atoms with E-state index in [1.807, 2.05) is 0 Å². The lowest BCUT2D eigenvalue weighted by Gasteiger charge is -2.31. The highest BCUT2D eigenvalue weighted by atomic mass is 16.1. The quantitative estimate of drug-likeness (QED) is 0.637.